The molecular weight excluding hydrogens is 519 g/mol. The first-order chi connectivity index (χ1) is 16.7. The molecule has 0 aromatic rings. The highest BCUT2D eigenvalue weighted by atomic mass is 31.2. The van der Waals surface area contributed by atoms with Crippen LogP contribution in [0.15, 0.2) is 12.7 Å². The molecule has 0 amide bonds. The van der Waals surface area contributed by atoms with Crippen LogP contribution in [0.3, 0.4) is 0 Å². The Morgan fingerprint density at radius 3 is 2.17 bits per heavy atom. The molecule has 18 heteroatoms. The average molecular weight is 550 g/mol. The number of phosphoric acid groups is 1. The molecule has 210 valence electrons. The number of hydrogen-bond donors (Lipinski definition) is 10. The van der Waals surface area contributed by atoms with E-state index in [1.165, 1.54) is 0 Å². The first-order valence-electron chi connectivity index (χ1n) is 10.5. The zero-order valence-corrected chi connectivity index (χ0v) is 19.6. The SMILES string of the molecule is C=CCO[C@]1(C(=O)O)C[C@@H](O[C@H]2O[C@H]([C@@H](O)CO)[C@@H](O)[C@H](O)[C@@H]2O)[C@@H](OP(=O)(O)O)[C@@H]([C@H](O)CO)O1. The molecule has 2 aliphatic rings. The summed E-state index contributed by atoms with van der Waals surface area (Å²) in [6.45, 7) is 0.909. The maximum Gasteiger partial charge on any atom is 0.470 e. The van der Waals surface area contributed by atoms with Crippen molar-refractivity contribution in [2.45, 2.75) is 73.4 Å². The largest absolute Gasteiger partial charge is 0.477 e. The molecule has 17 nitrogen and oxygen atoms in total. The highest BCUT2D eigenvalue weighted by Crippen LogP contribution is 2.45. The molecule has 0 unspecified atom stereocenters. The quantitative estimate of drug-likeness (QED) is 0.0805. The summed E-state index contributed by atoms with van der Waals surface area (Å²) in [7, 11) is -5.39. The third kappa shape index (κ3) is 7.04. The summed E-state index contributed by atoms with van der Waals surface area (Å²) >= 11 is 0. The number of carboxylic acids is 1. The summed E-state index contributed by atoms with van der Waals surface area (Å²) in [6, 6.07) is 0. The highest BCUT2D eigenvalue weighted by molar-refractivity contribution is 7.46. The summed E-state index contributed by atoms with van der Waals surface area (Å²) in [6.07, 6.45) is -19.1. The molecular formula is C18H31O17P. The summed E-state index contributed by atoms with van der Waals surface area (Å²) in [5, 5.41) is 79.1. The van der Waals surface area contributed by atoms with Gasteiger partial charge in [-0.05, 0) is 0 Å². The molecule has 0 aromatic carbocycles. The van der Waals surface area contributed by atoms with Crippen molar-refractivity contribution >= 4 is 13.8 Å². The molecule has 10 N–H and O–H groups in total. The van der Waals surface area contributed by atoms with Crippen molar-refractivity contribution in [1.29, 1.82) is 0 Å². The van der Waals surface area contributed by atoms with Crippen molar-refractivity contribution in [1.82, 2.24) is 0 Å². The van der Waals surface area contributed by atoms with Crippen LogP contribution in [0.1, 0.15) is 6.42 Å². The van der Waals surface area contributed by atoms with Crippen molar-refractivity contribution in [2.75, 3.05) is 19.8 Å². The molecule has 36 heavy (non-hydrogen) atoms. The zero-order chi connectivity index (χ0) is 27.4. The van der Waals surface area contributed by atoms with Gasteiger partial charge in [0, 0.05) is 6.42 Å². The number of ether oxygens (including phenoxy) is 4. The fourth-order valence-electron chi connectivity index (χ4n) is 3.81. The first-order valence-corrected chi connectivity index (χ1v) is 12.1. The molecule has 0 aromatic heterocycles. The molecule has 0 radical (unpaired) electrons. The van der Waals surface area contributed by atoms with E-state index in [4.69, 9.17) is 18.9 Å². The first kappa shape index (κ1) is 31.1. The number of rotatable bonds is 12. The van der Waals surface area contributed by atoms with E-state index in [1.54, 1.807) is 0 Å². The van der Waals surface area contributed by atoms with Gasteiger partial charge in [-0.2, -0.15) is 0 Å². The summed E-state index contributed by atoms with van der Waals surface area (Å²) in [4.78, 5) is 30.9. The topological polar surface area (TPSA) is 283 Å². The predicted molar refractivity (Wildman–Crippen MR) is 111 cm³/mol. The van der Waals surface area contributed by atoms with Gasteiger partial charge < -0.3 is 69.6 Å². The van der Waals surface area contributed by atoms with Gasteiger partial charge in [-0.25, -0.2) is 9.36 Å². The maximum absolute atomic E-state index is 12.1. The zero-order valence-electron chi connectivity index (χ0n) is 18.7. The van der Waals surface area contributed by atoms with Gasteiger partial charge in [0.2, 0.25) is 0 Å². The molecule has 2 fully saturated rings. The van der Waals surface area contributed by atoms with Gasteiger partial charge in [0.05, 0.1) is 25.9 Å². The molecule has 2 rings (SSSR count). The Morgan fingerprint density at radius 1 is 1.08 bits per heavy atom. The summed E-state index contributed by atoms with van der Waals surface area (Å²) in [5.74, 6) is -4.44. The monoisotopic (exact) mass is 550 g/mol. The molecule has 11 atom stereocenters. The number of aliphatic carboxylic acids is 1. The molecule has 0 bridgehead atoms. The van der Waals surface area contributed by atoms with Gasteiger partial charge in [-0.15, -0.1) is 6.58 Å². The van der Waals surface area contributed by atoms with Gasteiger partial charge in [-0.3, -0.25) is 4.52 Å². The number of aliphatic hydroxyl groups excluding tert-OH is 7. The van der Waals surface area contributed by atoms with E-state index in [9.17, 15) is 60.0 Å². The van der Waals surface area contributed by atoms with Gasteiger partial charge in [0.25, 0.3) is 5.79 Å². The molecule has 0 aliphatic carbocycles. The Balaban J connectivity index is 2.51. The van der Waals surface area contributed by atoms with Crippen LogP contribution in [0.4, 0.5) is 0 Å². The van der Waals surface area contributed by atoms with Gasteiger partial charge >= 0.3 is 13.8 Å². The van der Waals surface area contributed by atoms with Crippen LogP contribution in [-0.4, -0.2) is 143 Å². The van der Waals surface area contributed by atoms with E-state index in [0.29, 0.717) is 0 Å². The van der Waals surface area contributed by atoms with Crippen LogP contribution < -0.4 is 0 Å². The minimum absolute atomic E-state index is 0.427. The van der Waals surface area contributed by atoms with Crippen LogP contribution in [0.5, 0.6) is 0 Å². The minimum atomic E-state index is -5.39. The third-order valence-corrected chi connectivity index (χ3v) is 6.07. The second kappa shape index (κ2) is 12.6. The van der Waals surface area contributed by atoms with E-state index in [2.05, 4.69) is 11.1 Å². The second-order valence-corrected chi connectivity index (χ2v) is 9.31. The van der Waals surface area contributed by atoms with Crippen LogP contribution in [-0.2, 0) is 32.8 Å². The second-order valence-electron chi connectivity index (χ2n) is 8.12. The van der Waals surface area contributed by atoms with Crippen molar-refractivity contribution in [2.24, 2.45) is 0 Å². The van der Waals surface area contributed by atoms with E-state index in [0.717, 1.165) is 6.08 Å². The number of hydrogen-bond acceptors (Lipinski definition) is 14. The lowest BCUT2D eigenvalue weighted by atomic mass is 9.91. The van der Waals surface area contributed by atoms with Gasteiger partial charge in [0.15, 0.2) is 6.29 Å². The van der Waals surface area contributed by atoms with Crippen molar-refractivity contribution in [3.05, 3.63) is 12.7 Å². The van der Waals surface area contributed by atoms with Gasteiger partial charge in [-0.1, -0.05) is 6.08 Å². The Labute approximate surface area is 203 Å². The number of carbonyl (C=O) groups is 1. The average Bonchev–Trinajstić information content (AvgIpc) is 2.82. The minimum Gasteiger partial charge on any atom is -0.477 e. The molecule has 2 saturated heterocycles. The van der Waals surface area contributed by atoms with E-state index in [1.807, 2.05) is 0 Å². The van der Waals surface area contributed by atoms with E-state index >= 15 is 0 Å². The summed E-state index contributed by atoms with van der Waals surface area (Å²) in [5.41, 5.74) is 0. The summed E-state index contributed by atoms with van der Waals surface area (Å²) < 4.78 is 37.6. The molecule has 0 spiro atoms. The van der Waals surface area contributed by atoms with Crippen molar-refractivity contribution < 1.29 is 83.5 Å². The molecule has 2 aliphatic heterocycles. The molecule has 2 heterocycles. The Bertz CT molecular complexity index is 792. The maximum atomic E-state index is 12.1. The van der Waals surface area contributed by atoms with Crippen LogP contribution in [0, 0.1) is 0 Å². The van der Waals surface area contributed by atoms with Crippen LogP contribution >= 0.6 is 7.82 Å². The lowest BCUT2D eigenvalue weighted by Crippen LogP contribution is -2.66. The van der Waals surface area contributed by atoms with E-state index in [-0.39, 0.29) is 0 Å². The van der Waals surface area contributed by atoms with Gasteiger partial charge in [0.1, 0.15) is 48.8 Å². The smallest absolute Gasteiger partial charge is 0.470 e. The fourth-order valence-corrected chi connectivity index (χ4v) is 4.38. The van der Waals surface area contributed by atoms with Crippen molar-refractivity contribution in [3.8, 4) is 0 Å². The predicted octanol–water partition coefficient (Wildman–Crippen LogP) is -4.86. The fraction of sp³-hybridized carbons (Fsp3) is 0.833. The third-order valence-electron chi connectivity index (χ3n) is 5.55. The lowest BCUT2D eigenvalue weighted by Gasteiger charge is -2.48. The number of phosphoric ester groups is 1. The number of aliphatic hydroxyl groups is 7. The Kier molecular flexibility index (Phi) is 10.9. The van der Waals surface area contributed by atoms with Crippen molar-refractivity contribution in [3.63, 3.8) is 0 Å². The van der Waals surface area contributed by atoms with E-state index < -0.39 is 107 Å². The standard InChI is InChI=1S/C18H31O17P/c1-2-3-31-18(17(26)27)4-9(15(35-36(28,29)30)14(34-18)8(22)6-20)32-16-12(25)10(23)11(24)13(33-16)7(21)5-19/h2,7-16,19-25H,1,3-6H2,(H,26,27)(H2,28,29,30)/t7-,8+,9+,10-,11-,12-,13+,14+,15+,16-,18+/m0/s1. The lowest BCUT2D eigenvalue weighted by molar-refractivity contribution is -0.362. The number of carboxylic acid groups (broad SMARTS) is 1. The van der Waals surface area contributed by atoms with Crippen LogP contribution in [0.2, 0.25) is 0 Å². The normalized spacial score (nSPS) is 39.4. The highest BCUT2D eigenvalue weighted by Gasteiger charge is 2.58. The Morgan fingerprint density at radius 2 is 1.67 bits per heavy atom. The molecule has 0 saturated carbocycles. The Hall–Kier alpha value is -1.12. The van der Waals surface area contributed by atoms with Crippen LogP contribution in [0.25, 0.3) is 0 Å².